The van der Waals surface area contributed by atoms with Gasteiger partial charge < -0.3 is 19.9 Å². The van der Waals surface area contributed by atoms with E-state index < -0.39 is 0 Å². The molecule has 4 nitrogen and oxygen atoms in total. The quantitative estimate of drug-likeness (QED) is 0.739. The summed E-state index contributed by atoms with van der Waals surface area (Å²) in [5, 5.41) is 14.0. The van der Waals surface area contributed by atoms with Crippen LogP contribution >= 0.6 is 39.1 Å². The van der Waals surface area contributed by atoms with Crippen molar-refractivity contribution in [3.8, 4) is 17.2 Å². The first-order valence-electron chi connectivity index (χ1n) is 6.05. The van der Waals surface area contributed by atoms with Crippen LogP contribution in [0.25, 0.3) is 0 Å². The standard InChI is InChI=1S/C14H10BrCl2NO3/c15-8-1-2-9(14(17)13(8)16)18-5-7-3-11-12(4-10(7)19)21-6-20-11/h1-4,18-19H,5-6H2. The zero-order valence-corrected chi connectivity index (χ0v) is 13.7. The van der Waals surface area contributed by atoms with E-state index in [0.29, 0.717) is 39.3 Å². The number of fused-ring (bicyclic) bond motifs is 1. The lowest BCUT2D eigenvalue weighted by Crippen LogP contribution is -2.00. The highest BCUT2D eigenvalue weighted by atomic mass is 79.9. The van der Waals surface area contributed by atoms with Gasteiger partial charge in [-0.05, 0) is 34.1 Å². The molecule has 0 bridgehead atoms. The van der Waals surface area contributed by atoms with E-state index in [9.17, 15) is 5.11 Å². The highest BCUT2D eigenvalue weighted by Crippen LogP contribution is 2.39. The number of benzene rings is 2. The topological polar surface area (TPSA) is 50.7 Å². The molecule has 0 unspecified atom stereocenters. The van der Waals surface area contributed by atoms with E-state index in [1.54, 1.807) is 12.1 Å². The van der Waals surface area contributed by atoms with Crippen LogP contribution in [0.5, 0.6) is 17.2 Å². The Morgan fingerprint density at radius 2 is 1.86 bits per heavy atom. The number of phenols is 1. The molecule has 2 aromatic rings. The Kier molecular flexibility index (Phi) is 4.06. The van der Waals surface area contributed by atoms with E-state index in [0.717, 1.165) is 4.47 Å². The van der Waals surface area contributed by atoms with Gasteiger partial charge in [0.15, 0.2) is 11.5 Å². The molecule has 110 valence electrons. The van der Waals surface area contributed by atoms with Crippen molar-refractivity contribution in [3.05, 3.63) is 44.3 Å². The van der Waals surface area contributed by atoms with Crippen molar-refractivity contribution in [1.82, 2.24) is 0 Å². The van der Waals surface area contributed by atoms with Gasteiger partial charge in [-0.1, -0.05) is 23.2 Å². The van der Waals surface area contributed by atoms with Crippen LogP contribution < -0.4 is 14.8 Å². The van der Waals surface area contributed by atoms with Crippen LogP contribution in [0.2, 0.25) is 10.0 Å². The molecule has 0 spiro atoms. The molecular weight excluding hydrogens is 381 g/mol. The van der Waals surface area contributed by atoms with Crippen LogP contribution in [0.4, 0.5) is 5.69 Å². The fraction of sp³-hybridized carbons (Fsp3) is 0.143. The summed E-state index contributed by atoms with van der Waals surface area (Å²) in [5.74, 6) is 1.29. The number of phenolic OH excluding ortho intramolecular Hbond substituents is 1. The average molecular weight is 391 g/mol. The van der Waals surface area contributed by atoms with Gasteiger partial charge in [0.05, 0.1) is 15.7 Å². The van der Waals surface area contributed by atoms with E-state index in [2.05, 4.69) is 21.2 Å². The molecule has 0 aromatic heterocycles. The summed E-state index contributed by atoms with van der Waals surface area (Å²) >= 11 is 15.5. The number of nitrogens with one attached hydrogen (secondary N) is 1. The Hall–Kier alpha value is -1.30. The smallest absolute Gasteiger partial charge is 0.231 e. The van der Waals surface area contributed by atoms with E-state index in [4.69, 9.17) is 32.7 Å². The number of rotatable bonds is 3. The van der Waals surface area contributed by atoms with Gasteiger partial charge in [-0.15, -0.1) is 0 Å². The SMILES string of the molecule is Oc1cc2c(cc1CNc1ccc(Br)c(Cl)c1Cl)OCO2. The molecule has 0 atom stereocenters. The lowest BCUT2D eigenvalue weighted by Gasteiger charge is -2.12. The second-order valence-electron chi connectivity index (χ2n) is 4.41. The molecule has 0 saturated carbocycles. The van der Waals surface area contributed by atoms with Crippen molar-refractivity contribution in [2.45, 2.75) is 6.54 Å². The third kappa shape index (κ3) is 2.86. The third-order valence-electron chi connectivity index (χ3n) is 3.08. The molecule has 0 radical (unpaired) electrons. The minimum absolute atomic E-state index is 0.131. The fourth-order valence-corrected chi connectivity index (χ4v) is 2.81. The summed E-state index contributed by atoms with van der Waals surface area (Å²) in [5.41, 5.74) is 1.36. The monoisotopic (exact) mass is 389 g/mol. The molecule has 0 amide bonds. The first-order valence-corrected chi connectivity index (χ1v) is 7.60. The molecule has 1 heterocycles. The van der Waals surface area contributed by atoms with E-state index in [-0.39, 0.29) is 12.5 Å². The molecule has 3 rings (SSSR count). The lowest BCUT2D eigenvalue weighted by atomic mass is 10.1. The van der Waals surface area contributed by atoms with Crippen LogP contribution in [0.1, 0.15) is 5.56 Å². The molecule has 0 fully saturated rings. The first kappa shape index (κ1) is 14.6. The van der Waals surface area contributed by atoms with Gasteiger partial charge in [0.2, 0.25) is 6.79 Å². The molecule has 1 aliphatic heterocycles. The normalized spacial score (nSPS) is 12.5. The Bertz CT molecular complexity index is 709. The van der Waals surface area contributed by atoms with Gasteiger partial charge in [0.25, 0.3) is 0 Å². The Morgan fingerprint density at radius 3 is 2.62 bits per heavy atom. The Morgan fingerprint density at radius 1 is 1.14 bits per heavy atom. The highest BCUT2D eigenvalue weighted by Gasteiger charge is 2.17. The van der Waals surface area contributed by atoms with Gasteiger partial charge in [-0.25, -0.2) is 0 Å². The van der Waals surface area contributed by atoms with Crippen LogP contribution in [-0.2, 0) is 6.54 Å². The van der Waals surface area contributed by atoms with Crippen molar-refractivity contribution in [1.29, 1.82) is 0 Å². The van der Waals surface area contributed by atoms with Gasteiger partial charge in [-0.2, -0.15) is 0 Å². The second-order valence-corrected chi connectivity index (χ2v) is 6.02. The number of aromatic hydroxyl groups is 1. The molecule has 0 saturated heterocycles. The van der Waals surface area contributed by atoms with E-state index in [1.807, 2.05) is 6.07 Å². The van der Waals surface area contributed by atoms with Gasteiger partial charge >= 0.3 is 0 Å². The molecule has 7 heteroatoms. The van der Waals surface area contributed by atoms with Crippen molar-refractivity contribution >= 4 is 44.8 Å². The summed E-state index contributed by atoms with van der Waals surface area (Å²) in [6.07, 6.45) is 0. The number of hydrogen-bond donors (Lipinski definition) is 2. The number of ether oxygens (including phenoxy) is 2. The maximum Gasteiger partial charge on any atom is 0.231 e. The second kappa shape index (κ2) is 5.83. The van der Waals surface area contributed by atoms with E-state index >= 15 is 0 Å². The number of halogens is 3. The van der Waals surface area contributed by atoms with Gasteiger partial charge in [0.1, 0.15) is 5.75 Å². The van der Waals surface area contributed by atoms with Crippen molar-refractivity contribution < 1.29 is 14.6 Å². The van der Waals surface area contributed by atoms with Gasteiger partial charge in [0, 0.05) is 22.6 Å². The fourth-order valence-electron chi connectivity index (χ4n) is 1.97. The maximum absolute atomic E-state index is 9.98. The Balaban J connectivity index is 1.81. The average Bonchev–Trinajstić information content (AvgIpc) is 2.91. The minimum atomic E-state index is 0.131. The molecular formula is C14H10BrCl2NO3. The predicted molar refractivity (Wildman–Crippen MR) is 85.7 cm³/mol. The maximum atomic E-state index is 9.98. The van der Waals surface area contributed by atoms with Crippen LogP contribution in [0, 0.1) is 0 Å². The number of hydrogen-bond acceptors (Lipinski definition) is 4. The summed E-state index contributed by atoms with van der Waals surface area (Å²) in [6, 6.07) is 6.88. The predicted octanol–water partition coefficient (Wildman–Crippen LogP) is 4.80. The lowest BCUT2D eigenvalue weighted by molar-refractivity contribution is 0.174. The zero-order chi connectivity index (χ0) is 15.0. The van der Waals surface area contributed by atoms with Crippen molar-refractivity contribution in [2.24, 2.45) is 0 Å². The zero-order valence-electron chi connectivity index (χ0n) is 10.6. The summed E-state index contributed by atoms with van der Waals surface area (Å²) in [6.45, 7) is 0.542. The number of anilines is 1. The largest absolute Gasteiger partial charge is 0.507 e. The summed E-state index contributed by atoms with van der Waals surface area (Å²) in [4.78, 5) is 0. The first-order chi connectivity index (χ1) is 10.1. The molecule has 2 aromatic carbocycles. The molecule has 1 aliphatic rings. The molecule has 21 heavy (non-hydrogen) atoms. The summed E-state index contributed by atoms with van der Waals surface area (Å²) < 4.78 is 11.2. The summed E-state index contributed by atoms with van der Waals surface area (Å²) in [7, 11) is 0. The van der Waals surface area contributed by atoms with Crippen LogP contribution in [0.3, 0.4) is 0 Å². The van der Waals surface area contributed by atoms with Gasteiger partial charge in [-0.3, -0.25) is 0 Å². The molecule has 0 aliphatic carbocycles. The third-order valence-corrected chi connectivity index (χ3v) is 4.85. The van der Waals surface area contributed by atoms with Crippen molar-refractivity contribution in [3.63, 3.8) is 0 Å². The minimum Gasteiger partial charge on any atom is -0.507 e. The highest BCUT2D eigenvalue weighted by molar-refractivity contribution is 9.10. The molecule has 2 N–H and O–H groups in total. The van der Waals surface area contributed by atoms with Crippen molar-refractivity contribution in [2.75, 3.05) is 12.1 Å². The van der Waals surface area contributed by atoms with Crippen LogP contribution in [-0.4, -0.2) is 11.9 Å². The van der Waals surface area contributed by atoms with E-state index in [1.165, 1.54) is 6.07 Å². The van der Waals surface area contributed by atoms with Crippen LogP contribution in [0.15, 0.2) is 28.7 Å². The Labute approximate surface area is 139 Å².